The summed E-state index contributed by atoms with van der Waals surface area (Å²) in [6, 6.07) is 10.8. The second-order valence-corrected chi connectivity index (χ2v) is 12.6. The first-order valence-electron chi connectivity index (χ1n) is 16.0. The molecular formula is C34H35F6N7O3. The van der Waals surface area contributed by atoms with Crippen LogP contribution in [0.25, 0.3) is 16.8 Å². The summed E-state index contributed by atoms with van der Waals surface area (Å²) in [6.45, 7) is 5.36. The first-order chi connectivity index (χ1) is 23.6. The molecule has 2 aromatic carbocycles. The van der Waals surface area contributed by atoms with Crippen molar-refractivity contribution in [2.45, 2.75) is 57.6 Å². The van der Waals surface area contributed by atoms with Gasteiger partial charge >= 0.3 is 18.3 Å². The van der Waals surface area contributed by atoms with Gasteiger partial charge in [0.25, 0.3) is 0 Å². The van der Waals surface area contributed by atoms with E-state index in [9.17, 15) is 31.1 Å². The van der Waals surface area contributed by atoms with Crippen LogP contribution >= 0.6 is 0 Å². The van der Waals surface area contributed by atoms with Gasteiger partial charge in [-0.3, -0.25) is 4.79 Å². The Hall–Kier alpha value is -4.86. The fraction of sp³-hybridized carbons (Fsp3) is 0.412. The number of carbonyl (C=O) groups excluding carboxylic acids is 1. The minimum absolute atomic E-state index is 0.0507. The van der Waals surface area contributed by atoms with Crippen LogP contribution in [-0.4, -0.2) is 64.2 Å². The number of hydrogen-bond donors (Lipinski definition) is 2. The van der Waals surface area contributed by atoms with Crippen LogP contribution < -0.4 is 20.7 Å². The van der Waals surface area contributed by atoms with E-state index in [1.165, 1.54) is 41.2 Å². The maximum absolute atomic E-state index is 14.9. The van der Waals surface area contributed by atoms with Crippen LogP contribution in [0.5, 0.6) is 5.88 Å². The predicted octanol–water partition coefficient (Wildman–Crippen LogP) is 6.43. The Morgan fingerprint density at radius 1 is 1.04 bits per heavy atom. The topological polar surface area (TPSA) is 120 Å². The van der Waals surface area contributed by atoms with Gasteiger partial charge in [0.05, 0.1) is 23.6 Å². The Kier molecular flexibility index (Phi) is 9.41. The molecule has 2 fully saturated rings. The Morgan fingerprint density at radius 2 is 1.78 bits per heavy atom. The lowest BCUT2D eigenvalue weighted by atomic mass is 9.76. The van der Waals surface area contributed by atoms with Crippen molar-refractivity contribution in [3.63, 3.8) is 0 Å². The number of carbonyl (C=O) groups is 1. The van der Waals surface area contributed by atoms with Crippen LogP contribution in [-0.2, 0) is 15.7 Å². The molecule has 2 aromatic heterocycles. The van der Waals surface area contributed by atoms with Gasteiger partial charge in [-0.1, -0.05) is 24.3 Å². The van der Waals surface area contributed by atoms with Gasteiger partial charge in [-0.2, -0.15) is 41.4 Å². The minimum Gasteiger partial charge on any atom is -0.465 e. The molecule has 3 N–H and O–H groups in total. The van der Waals surface area contributed by atoms with E-state index in [4.69, 9.17) is 15.2 Å². The zero-order valence-corrected chi connectivity index (χ0v) is 27.2. The summed E-state index contributed by atoms with van der Waals surface area (Å²) in [4.78, 5) is 22.4. The number of alkyl halides is 6. The molecule has 0 amide bonds. The number of aryl methyl sites for hydroxylation is 1. The summed E-state index contributed by atoms with van der Waals surface area (Å²) in [5.74, 6) is -0.692. The molecule has 2 saturated heterocycles. The lowest BCUT2D eigenvalue weighted by Crippen LogP contribution is -2.41. The molecule has 0 bridgehead atoms. The third kappa shape index (κ3) is 7.49. The van der Waals surface area contributed by atoms with Crippen molar-refractivity contribution < 1.29 is 40.6 Å². The highest BCUT2D eigenvalue weighted by molar-refractivity contribution is 5.76. The van der Waals surface area contributed by atoms with Crippen LogP contribution in [0.15, 0.2) is 60.8 Å². The second kappa shape index (κ2) is 13.5. The Bertz CT molecular complexity index is 1850. The zero-order valence-electron chi connectivity index (χ0n) is 27.2. The van der Waals surface area contributed by atoms with Crippen molar-refractivity contribution in [3.8, 4) is 22.7 Å². The Balaban J connectivity index is 1.29. The molecule has 1 spiro atoms. The largest absolute Gasteiger partial charge is 0.465 e. The van der Waals surface area contributed by atoms with Gasteiger partial charge in [-0.05, 0) is 73.9 Å². The van der Waals surface area contributed by atoms with Crippen LogP contribution in [0.2, 0.25) is 0 Å². The number of nitrogens with two attached hydrogens (primary N) is 1. The summed E-state index contributed by atoms with van der Waals surface area (Å²) in [5.41, 5.74) is 5.45. The quantitative estimate of drug-likeness (QED) is 0.158. The second-order valence-electron chi connectivity index (χ2n) is 12.6. The number of ether oxygens (including phenoxy) is 2. The number of nitrogens with zero attached hydrogens (tertiary/aromatic N) is 5. The van der Waals surface area contributed by atoms with Crippen molar-refractivity contribution in [1.82, 2.24) is 25.1 Å². The maximum Gasteiger partial charge on any atom is 0.429 e. The van der Waals surface area contributed by atoms with Gasteiger partial charge in [-0.15, -0.1) is 0 Å². The van der Waals surface area contributed by atoms with Gasteiger partial charge in [-0.25, -0.2) is 4.68 Å². The molecule has 2 aliphatic heterocycles. The van der Waals surface area contributed by atoms with Gasteiger partial charge in [0.2, 0.25) is 17.9 Å². The van der Waals surface area contributed by atoms with E-state index in [-0.39, 0.29) is 45.8 Å². The molecule has 266 valence electrons. The molecule has 2 atom stereocenters. The minimum atomic E-state index is -4.96. The number of hydrogen-bond acceptors (Lipinski definition) is 9. The highest BCUT2D eigenvalue weighted by Crippen LogP contribution is 2.43. The number of aromatic nitrogens is 4. The SMILES string of the molecule is CCOC(=O)[C@@H]1CC2(CCN(c3cc(O[C@H](c4ccc(-c5cccc(C(F)(F)F)c5)cc4-n4ccc(C)n4)C(F)(F)F)nc(N)n3)CC2)CN1. The van der Waals surface area contributed by atoms with Crippen molar-refractivity contribution in [3.05, 3.63) is 77.6 Å². The number of benzene rings is 2. The first kappa shape index (κ1) is 35.0. The average molecular weight is 704 g/mol. The van der Waals surface area contributed by atoms with Gasteiger partial charge in [0.15, 0.2) is 0 Å². The zero-order chi connectivity index (χ0) is 35.8. The van der Waals surface area contributed by atoms with E-state index < -0.39 is 29.9 Å². The fourth-order valence-corrected chi connectivity index (χ4v) is 6.57. The number of piperidine rings is 1. The van der Waals surface area contributed by atoms with E-state index in [0.29, 0.717) is 57.0 Å². The van der Waals surface area contributed by atoms with Crippen molar-refractivity contribution in [2.24, 2.45) is 5.41 Å². The summed E-state index contributed by atoms with van der Waals surface area (Å²) in [7, 11) is 0. The van der Waals surface area contributed by atoms with Crippen molar-refractivity contribution in [2.75, 3.05) is 36.9 Å². The molecule has 0 unspecified atom stereocenters. The highest BCUT2D eigenvalue weighted by Gasteiger charge is 2.46. The lowest BCUT2D eigenvalue weighted by Gasteiger charge is -2.39. The number of rotatable bonds is 8. The molecule has 4 heterocycles. The number of nitrogens with one attached hydrogen (secondary N) is 1. The molecule has 0 radical (unpaired) electrons. The number of nitrogen functional groups attached to an aromatic ring is 1. The molecule has 6 rings (SSSR count). The highest BCUT2D eigenvalue weighted by atomic mass is 19.4. The van der Waals surface area contributed by atoms with E-state index in [1.54, 1.807) is 19.9 Å². The van der Waals surface area contributed by atoms with E-state index in [2.05, 4.69) is 20.4 Å². The Labute approximate surface area is 283 Å². The molecule has 4 aromatic rings. The molecule has 50 heavy (non-hydrogen) atoms. The number of halogens is 6. The summed E-state index contributed by atoms with van der Waals surface area (Å²) in [5, 5.41) is 7.53. The molecular weight excluding hydrogens is 668 g/mol. The van der Waals surface area contributed by atoms with Crippen LogP contribution in [0.3, 0.4) is 0 Å². The van der Waals surface area contributed by atoms with Gasteiger partial charge in [0.1, 0.15) is 11.9 Å². The normalized spacial score (nSPS) is 18.3. The first-order valence-corrected chi connectivity index (χ1v) is 16.0. The molecule has 16 heteroatoms. The third-order valence-corrected chi connectivity index (χ3v) is 9.13. The summed E-state index contributed by atoms with van der Waals surface area (Å²) >= 11 is 0. The fourth-order valence-electron chi connectivity index (χ4n) is 6.57. The Morgan fingerprint density at radius 3 is 2.44 bits per heavy atom. The third-order valence-electron chi connectivity index (χ3n) is 9.13. The molecule has 0 saturated carbocycles. The monoisotopic (exact) mass is 703 g/mol. The predicted molar refractivity (Wildman–Crippen MR) is 172 cm³/mol. The molecule has 2 aliphatic rings. The molecule has 0 aliphatic carbocycles. The van der Waals surface area contributed by atoms with Gasteiger partial charge in [0, 0.05) is 37.5 Å². The van der Waals surface area contributed by atoms with Crippen molar-refractivity contribution in [1.29, 1.82) is 0 Å². The van der Waals surface area contributed by atoms with Crippen LogP contribution in [0.1, 0.15) is 49.1 Å². The lowest BCUT2D eigenvalue weighted by molar-refractivity contribution is -0.198. The molecule has 10 nitrogen and oxygen atoms in total. The van der Waals surface area contributed by atoms with Crippen molar-refractivity contribution >= 4 is 17.7 Å². The smallest absolute Gasteiger partial charge is 0.429 e. The summed E-state index contributed by atoms with van der Waals surface area (Å²) in [6.07, 6.45) is -8.65. The standard InChI is InChI=1S/C34H35F6N7O3/c1-3-49-30(48)25-18-32(19-42-25)10-13-46(14-11-32)27-17-28(44-31(41)43-27)50-29(34(38,39)40)24-8-7-22(16-26(24)47-12-9-20(2)45-47)21-5-4-6-23(15-21)33(35,36)37/h4-9,12,15-17,25,29,42H,3,10-11,13-14,18-19H2,1-2H3,(H2,41,43,44)/t25-,29+/m0/s1. The van der Waals surface area contributed by atoms with Crippen LogP contribution in [0.4, 0.5) is 38.1 Å². The number of esters is 1. The van der Waals surface area contributed by atoms with Gasteiger partial charge < -0.3 is 25.4 Å². The van der Waals surface area contributed by atoms with E-state index in [1.807, 2.05) is 4.90 Å². The van der Waals surface area contributed by atoms with E-state index >= 15 is 0 Å². The average Bonchev–Trinajstić information content (AvgIpc) is 3.69. The van der Waals surface area contributed by atoms with E-state index in [0.717, 1.165) is 18.2 Å². The maximum atomic E-state index is 14.9. The van der Waals surface area contributed by atoms with Crippen LogP contribution in [0, 0.1) is 12.3 Å². The summed E-state index contributed by atoms with van der Waals surface area (Å²) < 4.78 is 96.9. The number of anilines is 2.